The van der Waals surface area contributed by atoms with Crippen LogP contribution in [0.15, 0.2) is 12.2 Å². The second-order valence-electron chi connectivity index (χ2n) is 1.36. The predicted octanol–water partition coefficient (Wildman–Crippen LogP) is 0.736. The molecule has 2 nitrogen and oxygen atoms in total. The third-order valence-electron chi connectivity index (χ3n) is 0.398. The Morgan fingerprint density at radius 1 is 2.00 bits per heavy atom. The first-order valence-electron chi connectivity index (χ1n) is 1.97. The molecule has 0 rings (SSSR count). The third kappa shape index (κ3) is 5.21. The van der Waals surface area contributed by atoms with Gasteiger partial charge in [-0.3, -0.25) is 4.79 Å². The molecule has 7 heavy (non-hydrogen) atoms. The molecule has 0 bridgehead atoms. The highest BCUT2D eigenvalue weighted by Crippen LogP contribution is 1.83. The molecule has 0 aromatic carbocycles. The van der Waals surface area contributed by atoms with Crippen molar-refractivity contribution in [1.29, 1.82) is 0 Å². The maximum absolute atomic E-state index is 9.45. The molecule has 2 heteroatoms. The second-order valence-corrected chi connectivity index (χ2v) is 1.36. The largest absolute Gasteiger partial charge is 0.463 e. The van der Waals surface area contributed by atoms with Crippen molar-refractivity contribution in [2.45, 2.75) is 6.92 Å². The van der Waals surface area contributed by atoms with E-state index in [-0.39, 0.29) is 0 Å². The van der Waals surface area contributed by atoms with Crippen LogP contribution in [0.3, 0.4) is 0 Å². The lowest BCUT2D eigenvalue weighted by atomic mass is 10.4. The number of hydrogen-bond donors (Lipinski definition) is 0. The maximum atomic E-state index is 9.45. The van der Waals surface area contributed by atoms with Gasteiger partial charge in [-0.25, -0.2) is 0 Å². The van der Waals surface area contributed by atoms with Gasteiger partial charge < -0.3 is 4.74 Å². The van der Waals surface area contributed by atoms with E-state index in [1.807, 2.05) is 0 Å². The summed E-state index contributed by atoms with van der Waals surface area (Å²) in [6, 6.07) is 0. The molecule has 0 saturated carbocycles. The predicted molar refractivity (Wildman–Crippen MR) is 26.8 cm³/mol. The van der Waals surface area contributed by atoms with Gasteiger partial charge >= 0.3 is 0 Å². The molecule has 0 radical (unpaired) electrons. The summed E-state index contributed by atoms with van der Waals surface area (Å²) >= 11 is 0. The van der Waals surface area contributed by atoms with Gasteiger partial charge in [-0.2, -0.15) is 0 Å². The Bertz CT molecular complexity index is 76.1. The summed E-state index contributed by atoms with van der Waals surface area (Å²) in [6.45, 7) is 6.05. The van der Waals surface area contributed by atoms with Crippen molar-refractivity contribution in [1.82, 2.24) is 0 Å². The molecule has 0 aliphatic heterocycles. The van der Waals surface area contributed by atoms with Crippen molar-refractivity contribution in [2.75, 3.05) is 6.61 Å². The van der Waals surface area contributed by atoms with E-state index in [0.29, 0.717) is 13.1 Å². The maximum Gasteiger partial charge on any atom is 0.293 e. The fourth-order valence-electron chi connectivity index (χ4n) is 0.176. The van der Waals surface area contributed by atoms with Gasteiger partial charge in [0.25, 0.3) is 6.47 Å². The Balaban J connectivity index is 2.97. The van der Waals surface area contributed by atoms with Crippen molar-refractivity contribution in [3.63, 3.8) is 0 Å². The minimum atomic E-state index is 0.337. The van der Waals surface area contributed by atoms with Crippen LogP contribution in [0, 0.1) is 0 Å². The van der Waals surface area contributed by atoms with Gasteiger partial charge in [0.1, 0.15) is 6.61 Å². The van der Waals surface area contributed by atoms with Gasteiger partial charge in [0.15, 0.2) is 0 Å². The van der Waals surface area contributed by atoms with Crippen molar-refractivity contribution < 1.29 is 9.53 Å². The van der Waals surface area contributed by atoms with Crippen LogP contribution in [0.2, 0.25) is 0 Å². The number of carbonyl (C=O) groups is 1. The molecule has 0 aliphatic carbocycles. The Kier molecular flexibility index (Phi) is 3.02. The van der Waals surface area contributed by atoms with E-state index in [9.17, 15) is 4.79 Å². The van der Waals surface area contributed by atoms with Crippen LogP contribution in [0.1, 0.15) is 6.92 Å². The highest BCUT2D eigenvalue weighted by atomic mass is 16.5. The summed E-state index contributed by atoms with van der Waals surface area (Å²) in [5.74, 6) is 0. The average molecular weight is 100 g/mol. The standard InChI is InChI=1S/C5H8O2/c1-5(2)3-7-4-6/h4H,1,3H2,2H3. The summed E-state index contributed by atoms with van der Waals surface area (Å²) in [4.78, 5) is 9.45. The lowest BCUT2D eigenvalue weighted by molar-refractivity contribution is -0.127. The van der Waals surface area contributed by atoms with Gasteiger partial charge in [-0.05, 0) is 12.5 Å². The molecule has 0 heterocycles. The third-order valence-corrected chi connectivity index (χ3v) is 0.398. The summed E-state index contributed by atoms with van der Waals surface area (Å²) in [5, 5.41) is 0. The molecule has 0 spiro atoms. The van der Waals surface area contributed by atoms with Gasteiger partial charge in [0, 0.05) is 0 Å². The number of carbonyl (C=O) groups excluding carboxylic acids is 1. The Morgan fingerprint density at radius 3 is 2.71 bits per heavy atom. The molecule has 0 aromatic heterocycles. The molecule has 40 valence electrons. The minimum Gasteiger partial charge on any atom is -0.463 e. The molecule has 0 N–H and O–H groups in total. The smallest absolute Gasteiger partial charge is 0.293 e. The van der Waals surface area contributed by atoms with Crippen LogP contribution in [0.25, 0.3) is 0 Å². The van der Waals surface area contributed by atoms with Crippen LogP contribution >= 0.6 is 0 Å². The molecule has 0 fully saturated rings. The minimum absolute atomic E-state index is 0.337. The summed E-state index contributed by atoms with van der Waals surface area (Å²) < 4.78 is 4.31. The zero-order valence-corrected chi connectivity index (χ0v) is 4.31. The van der Waals surface area contributed by atoms with E-state index >= 15 is 0 Å². The van der Waals surface area contributed by atoms with Crippen LogP contribution in [-0.2, 0) is 9.53 Å². The van der Waals surface area contributed by atoms with E-state index in [1.54, 1.807) is 6.92 Å². The van der Waals surface area contributed by atoms with E-state index in [0.717, 1.165) is 5.57 Å². The zero-order valence-electron chi connectivity index (χ0n) is 4.31. The number of hydrogen-bond acceptors (Lipinski definition) is 2. The normalized spacial score (nSPS) is 7.57. The first-order chi connectivity index (χ1) is 3.27. The van der Waals surface area contributed by atoms with Gasteiger partial charge in [0.2, 0.25) is 0 Å². The molecule has 0 aromatic rings. The number of ether oxygens (including phenoxy) is 1. The fourth-order valence-corrected chi connectivity index (χ4v) is 0.176. The van der Waals surface area contributed by atoms with Gasteiger partial charge in [0.05, 0.1) is 0 Å². The first-order valence-corrected chi connectivity index (χ1v) is 1.97. The lowest BCUT2D eigenvalue weighted by Crippen LogP contribution is -1.89. The Hall–Kier alpha value is -0.790. The van der Waals surface area contributed by atoms with Crippen LogP contribution in [-0.4, -0.2) is 13.1 Å². The average Bonchev–Trinajstić information content (AvgIpc) is 1.61. The highest BCUT2D eigenvalue weighted by molar-refractivity contribution is 5.37. The topological polar surface area (TPSA) is 26.3 Å². The summed E-state index contributed by atoms with van der Waals surface area (Å²) in [6.07, 6.45) is 0. The van der Waals surface area contributed by atoms with E-state index in [2.05, 4.69) is 11.3 Å². The lowest BCUT2D eigenvalue weighted by Gasteiger charge is -1.91. The van der Waals surface area contributed by atoms with E-state index in [1.165, 1.54) is 0 Å². The molecule has 0 saturated heterocycles. The van der Waals surface area contributed by atoms with Crippen LogP contribution in [0.4, 0.5) is 0 Å². The van der Waals surface area contributed by atoms with Crippen molar-refractivity contribution in [3.8, 4) is 0 Å². The van der Waals surface area contributed by atoms with Gasteiger partial charge in [-0.1, -0.05) is 6.58 Å². The van der Waals surface area contributed by atoms with Crippen LogP contribution < -0.4 is 0 Å². The van der Waals surface area contributed by atoms with E-state index < -0.39 is 0 Å². The molecule has 0 unspecified atom stereocenters. The summed E-state index contributed by atoms with van der Waals surface area (Å²) in [7, 11) is 0. The Morgan fingerprint density at radius 2 is 2.57 bits per heavy atom. The second kappa shape index (κ2) is 3.40. The highest BCUT2D eigenvalue weighted by Gasteiger charge is 1.79. The molecule has 0 atom stereocenters. The number of rotatable bonds is 3. The monoisotopic (exact) mass is 100 g/mol. The Labute approximate surface area is 42.8 Å². The molecule has 0 amide bonds. The summed E-state index contributed by atoms with van der Waals surface area (Å²) in [5.41, 5.74) is 0.854. The van der Waals surface area contributed by atoms with Crippen molar-refractivity contribution >= 4 is 6.47 Å². The first kappa shape index (κ1) is 6.21. The molecular formula is C5H8O2. The molecule has 0 aliphatic rings. The van der Waals surface area contributed by atoms with Crippen LogP contribution in [0.5, 0.6) is 0 Å². The van der Waals surface area contributed by atoms with Crippen molar-refractivity contribution in [2.24, 2.45) is 0 Å². The zero-order chi connectivity index (χ0) is 5.70. The SMILES string of the molecule is C=C(C)COC=O. The van der Waals surface area contributed by atoms with Gasteiger partial charge in [-0.15, -0.1) is 0 Å². The molecular weight excluding hydrogens is 92.1 g/mol. The quantitative estimate of drug-likeness (QED) is 0.386. The van der Waals surface area contributed by atoms with E-state index in [4.69, 9.17) is 0 Å². The van der Waals surface area contributed by atoms with Crippen molar-refractivity contribution in [3.05, 3.63) is 12.2 Å². The fraction of sp³-hybridized carbons (Fsp3) is 0.400.